The molecule has 1 N–H and O–H groups in total. The summed E-state index contributed by atoms with van der Waals surface area (Å²) in [6, 6.07) is 7.62. The zero-order valence-corrected chi connectivity index (χ0v) is 11.9. The predicted molar refractivity (Wildman–Crippen MR) is 76.0 cm³/mol. The standard InChI is InChI=1S/C16H22O4/c1-19-15-5-2-4-12(11-15)10-13(16(17)18)7-8-14-6-3-9-20-14/h2,4-5,11,13-14H,3,6-10H2,1H3,(H,17,18). The van der Waals surface area contributed by atoms with Crippen molar-refractivity contribution in [3.8, 4) is 5.75 Å². The van der Waals surface area contributed by atoms with Gasteiger partial charge in [0.25, 0.3) is 0 Å². The summed E-state index contributed by atoms with van der Waals surface area (Å²) in [5, 5.41) is 9.36. The lowest BCUT2D eigenvalue weighted by Crippen LogP contribution is -2.19. The maximum Gasteiger partial charge on any atom is 0.306 e. The molecule has 1 heterocycles. The van der Waals surface area contributed by atoms with E-state index in [1.807, 2.05) is 24.3 Å². The fraction of sp³-hybridized carbons (Fsp3) is 0.562. The van der Waals surface area contributed by atoms with Gasteiger partial charge < -0.3 is 14.6 Å². The topological polar surface area (TPSA) is 55.8 Å². The van der Waals surface area contributed by atoms with E-state index in [2.05, 4.69) is 0 Å². The van der Waals surface area contributed by atoms with Crippen LogP contribution in [-0.2, 0) is 16.0 Å². The van der Waals surface area contributed by atoms with Crippen molar-refractivity contribution in [2.24, 2.45) is 5.92 Å². The second-order valence-corrected chi connectivity index (χ2v) is 5.30. The van der Waals surface area contributed by atoms with Gasteiger partial charge in [-0.2, -0.15) is 0 Å². The van der Waals surface area contributed by atoms with E-state index in [1.165, 1.54) is 0 Å². The van der Waals surface area contributed by atoms with Crippen LogP contribution in [0, 0.1) is 5.92 Å². The number of carboxylic acids is 1. The molecular weight excluding hydrogens is 256 g/mol. The number of rotatable bonds is 7. The van der Waals surface area contributed by atoms with Crippen LogP contribution in [0.4, 0.5) is 0 Å². The summed E-state index contributed by atoms with van der Waals surface area (Å²) in [4.78, 5) is 11.4. The Hall–Kier alpha value is -1.55. The van der Waals surface area contributed by atoms with Gasteiger partial charge in [0.1, 0.15) is 5.75 Å². The Morgan fingerprint density at radius 2 is 2.40 bits per heavy atom. The van der Waals surface area contributed by atoms with E-state index in [-0.39, 0.29) is 12.0 Å². The molecular formula is C16H22O4. The summed E-state index contributed by atoms with van der Waals surface area (Å²) in [5.41, 5.74) is 1.00. The Kier molecular flexibility index (Phi) is 5.41. The summed E-state index contributed by atoms with van der Waals surface area (Å²) in [5.74, 6) is -0.317. The fourth-order valence-electron chi connectivity index (χ4n) is 2.66. The van der Waals surface area contributed by atoms with Gasteiger partial charge in [-0.1, -0.05) is 12.1 Å². The molecule has 2 atom stereocenters. The molecule has 0 saturated carbocycles. The Morgan fingerprint density at radius 1 is 1.55 bits per heavy atom. The first-order chi connectivity index (χ1) is 9.69. The molecule has 1 aliphatic rings. The molecule has 2 unspecified atom stereocenters. The lowest BCUT2D eigenvalue weighted by Gasteiger charge is -2.15. The van der Waals surface area contributed by atoms with Crippen LogP contribution in [0.5, 0.6) is 5.75 Å². The van der Waals surface area contributed by atoms with Crippen LogP contribution in [0.2, 0.25) is 0 Å². The monoisotopic (exact) mass is 278 g/mol. The number of carboxylic acid groups (broad SMARTS) is 1. The van der Waals surface area contributed by atoms with Crippen LogP contribution < -0.4 is 4.74 Å². The van der Waals surface area contributed by atoms with E-state index in [0.29, 0.717) is 12.8 Å². The number of ether oxygens (including phenoxy) is 2. The zero-order valence-electron chi connectivity index (χ0n) is 11.9. The minimum Gasteiger partial charge on any atom is -0.497 e. The third kappa shape index (κ3) is 4.23. The Bertz CT molecular complexity index is 438. The SMILES string of the molecule is COc1cccc(CC(CCC2CCCO2)C(=O)O)c1. The van der Waals surface area contributed by atoms with E-state index < -0.39 is 5.97 Å². The lowest BCUT2D eigenvalue weighted by atomic mass is 9.93. The minimum absolute atomic E-state index is 0.252. The zero-order chi connectivity index (χ0) is 14.4. The van der Waals surface area contributed by atoms with Gasteiger partial charge in [-0.25, -0.2) is 0 Å². The van der Waals surface area contributed by atoms with Gasteiger partial charge in [0, 0.05) is 6.61 Å². The first kappa shape index (κ1) is 14.9. The van der Waals surface area contributed by atoms with Gasteiger partial charge in [0.2, 0.25) is 0 Å². The van der Waals surface area contributed by atoms with Gasteiger partial charge in [0.05, 0.1) is 19.1 Å². The van der Waals surface area contributed by atoms with E-state index in [9.17, 15) is 9.90 Å². The Morgan fingerprint density at radius 3 is 3.05 bits per heavy atom. The number of hydrogen-bond acceptors (Lipinski definition) is 3. The highest BCUT2D eigenvalue weighted by Gasteiger charge is 2.22. The molecule has 1 fully saturated rings. The van der Waals surface area contributed by atoms with Crippen LogP contribution >= 0.6 is 0 Å². The molecule has 1 aromatic carbocycles. The third-order valence-electron chi connectivity index (χ3n) is 3.83. The number of hydrogen-bond donors (Lipinski definition) is 1. The van der Waals surface area contributed by atoms with Crippen LogP contribution in [0.1, 0.15) is 31.2 Å². The van der Waals surface area contributed by atoms with Gasteiger partial charge in [0.15, 0.2) is 0 Å². The number of benzene rings is 1. The number of aliphatic carboxylic acids is 1. The van der Waals surface area contributed by atoms with Crippen molar-refractivity contribution >= 4 is 5.97 Å². The molecule has 4 nitrogen and oxygen atoms in total. The van der Waals surface area contributed by atoms with E-state index in [1.54, 1.807) is 7.11 Å². The molecule has 0 amide bonds. The summed E-state index contributed by atoms with van der Waals surface area (Å²) in [6.07, 6.45) is 4.45. The summed E-state index contributed by atoms with van der Waals surface area (Å²) in [6.45, 7) is 0.818. The third-order valence-corrected chi connectivity index (χ3v) is 3.83. The van der Waals surface area contributed by atoms with Gasteiger partial charge in [-0.05, 0) is 49.8 Å². The van der Waals surface area contributed by atoms with Crippen molar-refractivity contribution in [1.82, 2.24) is 0 Å². The number of carbonyl (C=O) groups is 1. The Labute approximate surface area is 119 Å². The summed E-state index contributed by atoms with van der Waals surface area (Å²) < 4.78 is 10.7. The molecule has 0 spiro atoms. The van der Waals surface area contributed by atoms with E-state index in [0.717, 1.165) is 37.2 Å². The molecule has 110 valence electrons. The van der Waals surface area contributed by atoms with Crippen LogP contribution in [0.15, 0.2) is 24.3 Å². The molecule has 1 aliphatic heterocycles. The molecule has 0 bridgehead atoms. The number of methoxy groups -OCH3 is 1. The van der Waals surface area contributed by atoms with Crippen molar-refractivity contribution < 1.29 is 19.4 Å². The van der Waals surface area contributed by atoms with Crippen LogP contribution in [0.25, 0.3) is 0 Å². The average Bonchev–Trinajstić information content (AvgIpc) is 2.96. The fourth-order valence-corrected chi connectivity index (χ4v) is 2.66. The van der Waals surface area contributed by atoms with Crippen LogP contribution in [-0.4, -0.2) is 30.9 Å². The van der Waals surface area contributed by atoms with Crippen molar-refractivity contribution in [2.45, 2.75) is 38.2 Å². The first-order valence-corrected chi connectivity index (χ1v) is 7.16. The van der Waals surface area contributed by atoms with Gasteiger partial charge in [-0.15, -0.1) is 0 Å². The van der Waals surface area contributed by atoms with Crippen molar-refractivity contribution in [1.29, 1.82) is 0 Å². The molecule has 4 heteroatoms. The van der Waals surface area contributed by atoms with Crippen molar-refractivity contribution in [3.63, 3.8) is 0 Å². The maximum atomic E-state index is 11.4. The molecule has 0 aromatic heterocycles. The quantitative estimate of drug-likeness (QED) is 0.833. The van der Waals surface area contributed by atoms with Gasteiger partial charge in [-0.3, -0.25) is 4.79 Å². The largest absolute Gasteiger partial charge is 0.497 e. The molecule has 0 aliphatic carbocycles. The highest BCUT2D eigenvalue weighted by Crippen LogP contribution is 2.23. The normalized spacial score (nSPS) is 19.8. The first-order valence-electron chi connectivity index (χ1n) is 7.16. The van der Waals surface area contributed by atoms with Crippen molar-refractivity contribution in [2.75, 3.05) is 13.7 Å². The highest BCUT2D eigenvalue weighted by molar-refractivity contribution is 5.70. The maximum absolute atomic E-state index is 11.4. The summed E-state index contributed by atoms with van der Waals surface area (Å²) >= 11 is 0. The summed E-state index contributed by atoms with van der Waals surface area (Å²) in [7, 11) is 1.62. The minimum atomic E-state index is -0.731. The van der Waals surface area contributed by atoms with E-state index >= 15 is 0 Å². The second-order valence-electron chi connectivity index (χ2n) is 5.30. The smallest absolute Gasteiger partial charge is 0.306 e. The van der Waals surface area contributed by atoms with Crippen molar-refractivity contribution in [3.05, 3.63) is 29.8 Å². The molecule has 1 saturated heterocycles. The molecule has 0 radical (unpaired) electrons. The second kappa shape index (κ2) is 7.29. The highest BCUT2D eigenvalue weighted by atomic mass is 16.5. The Balaban J connectivity index is 1.92. The van der Waals surface area contributed by atoms with Crippen LogP contribution in [0.3, 0.4) is 0 Å². The molecule has 20 heavy (non-hydrogen) atoms. The lowest BCUT2D eigenvalue weighted by molar-refractivity contribution is -0.142. The predicted octanol–water partition coefficient (Wildman–Crippen LogP) is 2.90. The molecule has 2 rings (SSSR count). The molecule has 1 aromatic rings. The van der Waals surface area contributed by atoms with E-state index in [4.69, 9.17) is 9.47 Å². The average molecular weight is 278 g/mol. The van der Waals surface area contributed by atoms with Gasteiger partial charge >= 0.3 is 5.97 Å².